The first-order valence-electron chi connectivity index (χ1n) is 6.26. The van der Waals surface area contributed by atoms with E-state index >= 15 is 0 Å². The van der Waals surface area contributed by atoms with Crippen LogP contribution in [0, 0.1) is 0 Å². The smallest absolute Gasteiger partial charge is 0.338 e. The van der Waals surface area contributed by atoms with Crippen LogP contribution in [0.15, 0.2) is 55.1 Å². The van der Waals surface area contributed by atoms with Crippen molar-refractivity contribution in [2.45, 2.75) is 26.2 Å². The summed E-state index contributed by atoms with van der Waals surface area (Å²) in [5.74, 6) is 0.159. The normalized spacial score (nSPS) is 8.95. The number of carbonyl (C=O) groups excluding carboxylic acids is 1. The number of benzene rings is 1. The van der Waals surface area contributed by atoms with Crippen LogP contribution < -0.4 is 4.74 Å². The van der Waals surface area contributed by atoms with Crippen LogP contribution in [-0.2, 0) is 4.79 Å². The van der Waals surface area contributed by atoms with E-state index in [1.54, 1.807) is 31.2 Å². The van der Waals surface area contributed by atoms with Crippen LogP contribution in [-0.4, -0.2) is 17.7 Å². The maximum Gasteiger partial charge on any atom is 0.338 e. The van der Waals surface area contributed by atoms with Gasteiger partial charge in [-0.2, -0.15) is 0 Å². The highest BCUT2D eigenvalue weighted by Crippen LogP contribution is 2.09. The summed E-state index contributed by atoms with van der Waals surface area (Å²) in [4.78, 5) is 11.0. The summed E-state index contributed by atoms with van der Waals surface area (Å²) >= 11 is 0. The molecule has 0 spiro atoms. The molecular formula is C16H22O3. The summed E-state index contributed by atoms with van der Waals surface area (Å²) < 4.78 is 4.94. The van der Waals surface area contributed by atoms with Gasteiger partial charge in [-0.15, -0.1) is 6.58 Å². The third-order valence-corrected chi connectivity index (χ3v) is 2.12. The Morgan fingerprint density at radius 2 is 1.95 bits per heavy atom. The highest BCUT2D eigenvalue weighted by molar-refractivity contribution is 5.88. The Hall–Kier alpha value is -1.87. The van der Waals surface area contributed by atoms with Gasteiger partial charge in [0, 0.05) is 12.2 Å². The Morgan fingerprint density at radius 1 is 1.32 bits per heavy atom. The molecule has 0 radical (unpaired) electrons. The molecule has 0 saturated carbocycles. The lowest BCUT2D eigenvalue weighted by Crippen LogP contribution is -2.07. The molecule has 3 heteroatoms. The number of esters is 1. The van der Waals surface area contributed by atoms with E-state index in [-0.39, 0.29) is 5.97 Å². The highest BCUT2D eigenvalue weighted by Gasteiger charge is 2.03. The molecule has 3 nitrogen and oxygen atoms in total. The van der Waals surface area contributed by atoms with Crippen LogP contribution in [0.5, 0.6) is 5.75 Å². The van der Waals surface area contributed by atoms with Crippen LogP contribution in [0.2, 0.25) is 0 Å². The van der Waals surface area contributed by atoms with Crippen LogP contribution in [0.25, 0.3) is 0 Å². The van der Waals surface area contributed by atoms with Gasteiger partial charge in [0.15, 0.2) is 0 Å². The quantitative estimate of drug-likeness (QED) is 0.280. The number of rotatable bonds is 6. The molecule has 0 fully saturated rings. The van der Waals surface area contributed by atoms with Gasteiger partial charge >= 0.3 is 5.97 Å². The van der Waals surface area contributed by atoms with Crippen molar-refractivity contribution in [1.29, 1.82) is 0 Å². The minimum absolute atomic E-state index is 0.313. The van der Waals surface area contributed by atoms with Gasteiger partial charge in [-0.1, -0.05) is 30.9 Å². The molecule has 104 valence electrons. The molecule has 0 amide bonds. The molecule has 1 N–H and O–H groups in total. The molecule has 0 heterocycles. The Labute approximate surface area is 115 Å². The fourth-order valence-electron chi connectivity index (χ4n) is 1.08. The molecule has 0 aliphatic rings. The molecule has 0 atom stereocenters. The fraction of sp³-hybridized carbons (Fsp3) is 0.312. The molecule has 0 bridgehead atoms. The monoisotopic (exact) mass is 262 g/mol. The van der Waals surface area contributed by atoms with E-state index in [0.717, 1.165) is 19.3 Å². The minimum Gasteiger partial charge on any atom is -0.423 e. The summed E-state index contributed by atoms with van der Waals surface area (Å²) in [7, 11) is 0. The van der Waals surface area contributed by atoms with E-state index in [1.165, 1.54) is 0 Å². The third-order valence-electron chi connectivity index (χ3n) is 2.12. The molecule has 1 rings (SSSR count). The zero-order valence-corrected chi connectivity index (χ0v) is 11.5. The number of carbonyl (C=O) groups is 1. The number of aliphatic hydroxyl groups is 1. The maximum absolute atomic E-state index is 11.0. The number of para-hydroxylation sites is 1. The predicted octanol–water partition coefficient (Wildman–Crippen LogP) is 3.50. The number of unbranched alkanes of at least 4 members (excludes halogenated alkanes) is 2. The summed E-state index contributed by atoms with van der Waals surface area (Å²) in [6, 6.07) is 8.92. The van der Waals surface area contributed by atoms with Crippen LogP contribution >= 0.6 is 0 Å². The fourth-order valence-corrected chi connectivity index (χ4v) is 1.08. The second-order valence-corrected chi connectivity index (χ2v) is 3.99. The largest absolute Gasteiger partial charge is 0.423 e. The number of aliphatic hydroxyl groups excluding tert-OH is 1. The number of ether oxygens (including phenoxy) is 1. The first-order chi connectivity index (χ1) is 9.11. The lowest BCUT2D eigenvalue weighted by molar-refractivity contribution is -0.130. The van der Waals surface area contributed by atoms with Crippen molar-refractivity contribution in [2.75, 3.05) is 6.61 Å². The van der Waals surface area contributed by atoms with Crippen molar-refractivity contribution in [3.8, 4) is 5.75 Å². The van der Waals surface area contributed by atoms with Crippen LogP contribution in [0.1, 0.15) is 26.2 Å². The van der Waals surface area contributed by atoms with Gasteiger partial charge < -0.3 is 9.84 Å². The summed E-state index contributed by atoms with van der Waals surface area (Å²) in [5, 5.41) is 8.26. The molecule has 0 aromatic heterocycles. The summed E-state index contributed by atoms with van der Waals surface area (Å²) in [6.45, 7) is 8.96. The van der Waals surface area contributed by atoms with Crippen molar-refractivity contribution in [1.82, 2.24) is 0 Å². The second kappa shape index (κ2) is 11.2. The first-order valence-corrected chi connectivity index (χ1v) is 6.26. The number of hydrogen-bond donors (Lipinski definition) is 1. The Morgan fingerprint density at radius 3 is 2.42 bits per heavy atom. The SMILES string of the molecule is C=C(C)C(=O)Oc1ccccc1.C=CCCCCO. The molecule has 1 aromatic rings. The molecule has 19 heavy (non-hydrogen) atoms. The molecule has 0 aliphatic heterocycles. The average Bonchev–Trinajstić information content (AvgIpc) is 2.41. The summed E-state index contributed by atoms with van der Waals surface area (Å²) in [6.07, 6.45) is 4.88. The number of allylic oxidation sites excluding steroid dienone is 1. The predicted molar refractivity (Wildman–Crippen MR) is 78.0 cm³/mol. The molecule has 1 aromatic carbocycles. The van der Waals surface area contributed by atoms with E-state index in [4.69, 9.17) is 9.84 Å². The van der Waals surface area contributed by atoms with Gasteiger partial charge in [0.2, 0.25) is 0 Å². The van der Waals surface area contributed by atoms with Crippen molar-refractivity contribution in [3.63, 3.8) is 0 Å². The zero-order chi connectivity index (χ0) is 14.5. The van der Waals surface area contributed by atoms with Crippen molar-refractivity contribution < 1.29 is 14.6 Å². The summed E-state index contributed by atoms with van der Waals surface area (Å²) in [5.41, 5.74) is 0.402. The topological polar surface area (TPSA) is 46.5 Å². The second-order valence-electron chi connectivity index (χ2n) is 3.99. The van der Waals surface area contributed by atoms with Gasteiger partial charge in [-0.3, -0.25) is 0 Å². The number of hydrogen-bond acceptors (Lipinski definition) is 3. The maximum atomic E-state index is 11.0. The van der Waals surface area contributed by atoms with Crippen molar-refractivity contribution >= 4 is 5.97 Å². The molecule has 0 unspecified atom stereocenters. The van der Waals surface area contributed by atoms with E-state index in [1.807, 2.05) is 12.1 Å². The molecule has 0 saturated heterocycles. The molecule has 0 aliphatic carbocycles. The zero-order valence-electron chi connectivity index (χ0n) is 11.5. The Balaban J connectivity index is 0.000000399. The van der Waals surface area contributed by atoms with Crippen molar-refractivity contribution in [3.05, 3.63) is 55.1 Å². The Kier molecular flexibility index (Phi) is 10.1. The Bertz CT molecular complexity index is 382. The van der Waals surface area contributed by atoms with Crippen LogP contribution in [0.3, 0.4) is 0 Å². The van der Waals surface area contributed by atoms with E-state index in [9.17, 15) is 4.79 Å². The standard InChI is InChI=1S/C10H10O2.C6H12O/c1-8(2)10(11)12-9-6-4-3-5-7-9;1-2-3-4-5-6-7/h3-7H,1H2,2H3;2,7H,1,3-6H2. The van der Waals surface area contributed by atoms with Gasteiger partial charge in [-0.05, 0) is 38.3 Å². The third kappa shape index (κ3) is 9.80. The average molecular weight is 262 g/mol. The van der Waals surface area contributed by atoms with Gasteiger partial charge in [0.1, 0.15) is 5.75 Å². The highest BCUT2D eigenvalue weighted by atomic mass is 16.5. The van der Waals surface area contributed by atoms with Crippen molar-refractivity contribution in [2.24, 2.45) is 0 Å². The van der Waals surface area contributed by atoms with E-state index in [0.29, 0.717) is 17.9 Å². The lowest BCUT2D eigenvalue weighted by Gasteiger charge is -2.01. The van der Waals surface area contributed by atoms with Gasteiger partial charge in [0.25, 0.3) is 0 Å². The molecular weight excluding hydrogens is 240 g/mol. The van der Waals surface area contributed by atoms with Crippen LogP contribution in [0.4, 0.5) is 0 Å². The lowest BCUT2D eigenvalue weighted by atomic mass is 10.2. The van der Waals surface area contributed by atoms with E-state index in [2.05, 4.69) is 13.2 Å². The first kappa shape index (κ1) is 17.1. The van der Waals surface area contributed by atoms with E-state index < -0.39 is 0 Å². The van der Waals surface area contributed by atoms with Gasteiger partial charge in [0.05, 0.1) is 0 Å². The minimum atomic E-state index is -0.388. The van der Waals surface area contributed by atoms with Gasteiger partial charge in [-0.25, -0.2) is 4.79 Å².